The number of benzene rings is 3. The van der Waals surface area contributed by atoms with Gasteiger partial charge < -0.3 is 10.4 Å². The van der Waals surface area contributed by atoms with Gasteiger partial charge in [0.25, 0.3) is 0 Å². The van der Waals surface area contributed by atoms with Gasteiger partial charge in [-0.3, -0.25) is 0 Å². The number of rotatable bonds is 2. The van der Waals surface area contributed by atoms with Crippen molar-refractivity contribution in [2.45, 2.75) is 37.6 Å². The van der Waals surface area contributed by atoms with E-state index in [0.29, 0.717) is 37.2 Å². The van der Waals surface area contributed by atoms with Crippen molar-refractivity contribution in [3.63, 3.8) is 0 Å². The summed E-state index contributed by atoms with van der Waals surface area (Å²) in [5, 5.41) is 17.1. The Hall–Kier alpha value is -1.53. The maximum atomic E-state index is 13.3. The van der Waals surface area contributed by atoms with Gasteiger partial charge in [-0.15, -0.1) is 0 Å². The monoisotopic (exact) mass is 427 g/mol. The zero-order valence-corrected chi connectivity index (χ0v) is 16.3. The molecule has 0 unspecified atom stereocenters. The summed E-state index contributed by atoms with van der Waals surface area (Å²) < 4.78 is 39.9. The minimum absolute atomic E-state index is 0.150. The van der Waals surface area contributed by atoms with Gasteiger partial charge in [-0.2, -0.15) is 13.2 Å². The zero-order chi connectivity index (χ0) is 20.1. The number of piperidine rings is 1. The highest BCUT2D eigenvalue weighted by Crippen LogP contribution is 2.41. The second-order valence-corrected chi connectivity index (χ2v) is 8.05. The number of hydrogen-bond donors (Lipinski definition) is 2. The molecule has 1 aliphatic rings. The summed E-state index contributed by atoms with van der Waals surface area (Å²) in [6, 6.07) is 8.36. The van der Waals surface area contributed by atoms with Crippen molar-refractivity contribution >= 4 is 44.7 Å². The van der Waals surface area contributed by atoms with Crippen LogP contribution in [0.15, 0.2) is 36.4 Å². The summed E-state index contributed by atoms with van der Waals surface area (Å²) in [6.45, 7) is 0.807. The molecule has 2 atom stereocenters. The molecule has 3 aromatic carbocycles. The van der Waals surface area contributed by atoms with Gasteiger partial charge in [0.15, 0.2) is 0 Å². The van der Waals surface area contributed by atoms with Crippen LogP contribution in [-0.2, 0) is 6.18 Å². The normalized spacial score (nSPS) is 19.3. The average molecular weight is 428 g/mol. The highest BCUT2D eigenvalue weighted by molar-refractivity contribution is 6.39. The van der Waals surface area contributed by atoms with E-state index in [-0.39, 0.29) is 6.04 Å². The predicted octanol–water partition coefficient (Wildman–Crippen LogP) is 6.49. The average Bonchev–Trinajstić information content (AvgIpc) is 2.66. The Kier molecular flexibility index (Phi) is 5.21. The summed E-state index contributed by atoms with van der Waals surface area (Å²) in [5.74, 6) is 0. The van der Waals surface area contributed by atoms with Gasteiger partial charge in [0.2, 0.25) is 0 Å². The molecule has 148 valence electrons. The smallest absolute Gasteiger partial charge is 0.387 e. The molecule has 0 spiro atoms. The van der Waals surface area contributed by atoms with Gasteiger partial charge in [-0.1, -0.05) is 35.7 Å². The van der Waals surface area contributed by atoms with Crippen LogP contribution in [0.2, 0.25) is 10.0 Å². The first-order chi connectivity index (χ1) is 13.3. The second-order valence-electron chi connectivity index (χ2n) is 7.21. The lowest BCUT2D eigenvalue weighted by atomic mass is 9.88. The first-order valence-corrected chi connectivity index (χ1v) is 9.85. The molecule has 0 bridgehead atoms. The number of alkyl halides is 3. The molecule has 1 fully saturated rings. The van der Waals surface area contributed by atoms with E-state index in [9.17, 15) is 18.3 Å². The third-order valence-electron chi connectivity index (χ3n) is 5.39. The highest BCUT2D eigenvalue weighted by Gasteiger charge is 2.31. The van der Waals surface area contributed by atoms with Gasteiger partial charge in [0, 0.05) is 21.5 Å². The molecular formula is C21H18Cl2F3NO. The van der Waals surface area contributed by atoms with Gasteiger partial charge >= 0.3 is 6.18 Å². The molecule has 7 heteroatoms. The van der Waals surface area contributed by atoms with Crippen LogP contribution < -0.4 is 5.32 Å². The van der Waals surface area contributed by atoms with E-state index in [1.54, 1.807) is 18.2 Å². The highest BCUT2D eigenvalue weighted by atomic mass is 35.5. The van der Waals surface area contributed by atoms with E-state index in [4.69, 9.17) is 23.2 Å². The lowest BCUT2D eigenvalue weighted by Crippen LogP contribution is -2.38. The maximum absolute atomic E-state index is 13.3. The largest absolute Gasteiger partial charge is 0.416 e. The quantitative estimate of drug-likeness (QED) is 0.457. The number of fused-ring (bicyclic) bond motifs is 3. The first kappa shape index (κ1) is 19.8. The molecule has 2 N–H and O–H groups in total. The van der Waals surface area contributed by atoms with Crippen LogP contribution in [0.5, 0.6) is 0 Å². The zero-order valence-electron chi connectivity index (χ0n) is 14.8. The van der Waals surface area contributed by atoms with E-state index in [1.807, 2.05) is 0 Å². The van der Waals surface area contributed by atoms with E-state index < -0.39 is 17.8 Å². The molecule has 28 heavy (non-hydrogen) atoms. The summed E-state index contributed by atoms with van der Waals surface area (Å²) in [5.41, 5.74) is -0.181. The fourth-order valence-corrected chi connectivity index (χ4v) is 4.54. The van der Waals surface area contributed by atoms with Gasteiger partial charge in [0.05, 0.1) is 11.7 Å². The van der Waals surface area contributed by atoms with Crippen LogP contribution in [0.4, 0.5) is 13.2 Å². The van der Waals surface area contributed by atoms with E-state index >= 15 is 0 Å². The SMILES string of the molecule is O[C@H](c1cc2c(Cl)cc(Cl)cc2c2cc(C(F)(F)F)ccc12)[C@H]1CCCCN1. The molecule has 2 nitrogen and oxygen atoms in total. The van der Waals surface area contributed by atoms with Crippen molar-refractivity contribution in [3.8, 4) is 0 Å². The first-order valence-electron chi connectivity index (χ1n) is 9.10. The Morgan fingerprint density at radius 3 is 2.39 bits per heavy atom. The van der Waals surface area contributed by atoms with Crippen LogP contribution in [0.3, 0.4) is 0 Å². The van der Waals surface area contributed by atoms with E-state index in [0.717, 1.165) is 37.9 Å². The molecule has 0 aromatic heterocycles. The fourth-order valence-electron chi connectivity index (χ4n) is 3.99. The predicted molar refractivity (Wildman–Crippen MR) is 107 cm³/mol. The van der Waals surface area contributed by atoms with Gasteiger partial charge in [-0.05, 0) is 71.4 Å². The summed E-state index contributed by atoms with van der Waals surface area (Å²) in [6.07, 6.45) is -2.48. The molecule has 4 rings (SSSR count). The third kappa shape index (κ3) is 3.57. The fraction of sp³-hybridized carbons (Fsp3) is 0.333. The Morgan fingerprint density at radius 1 is 0.964 bits per heavy atom. The van der Waals surface area contributed by atoms with Crippen LogP contribution in [0.25, 0.3) is 21.5 Å². The van der Waals surface area contributed by atoms with Crippen molar-refractivity contribution in [2.24, 2.45) is 0 Å². The molecule has 1 aliphatic heterocycles. The van der Waals surface area contributed by atoms with Gasteiger partial charge in [-0.25, -0.2) is 0 Å². The summed E-state index contributed by atoms with van der Waals surface area (Å²) >= 11 is 12.5. The van der Waals surface area contributed by atoms with Crippen molar-refractivity contribution in [1.82, 2.24) is 5.32 Å². The van der Waals surface area contributed by atoms with Crippen LogP contribution in [-0.4, -0.2) is 17.7 Å². The second kappa shape index (κ2) is 7.38. The Labute approximate surface area is 170 Å². The number of halogens is 5. The van der Waals surface area contributed by atoms with Crippen LogP contribution >= 0.6 is 23.2 Å². The van der Waals surface area contributed by atoms with Crippen molar-refractivity contribution in [1.29, 1.82) is 0 Å². The third-order valence-corrected chi connectivity index (χ3v) is 5.92. The topological polar surface area (TPSA) is 32.3 Å². The summed E-state index contributed by atoms with van der Waals surface area (Å²) in [4.78, 5) is 0. The van der Waals surface area contributed by atoms with Crippen LogP contribution in [0, 0.1) is 0 Å². The molecule has 1 saturated heterocycles. The molecular weight excluding hydrogens is 410 g/mol. The van der Waals surface area contributed by atoms with Crippen molar-refractivity contribution < 1.29 is 18.3 Å². The lowest BCUT2D eigenvalue weighted by Gasteiger charge is -2.29. The standard InChI is InChI=1S/C21H18Cl2F3NO/c22-12-8-15-14-7-11(21(24,25)26)4-5-13(14)17(10-16(15)18(23)9-12)20(28)19-3-1-2-6-27-19/h4-5,7-10,19-20,27-28H,1-3,6H2/t19-,20-/m1/s1. The Balaban J connectivity index is 2.01. The maximum Gasteiger partial charge on any atom is 0.416 e. The molecule has 0 aliphatic carbocycles. The minimum atomic E-state index is -4.47. The molecule has 3 aromatic rings. The number of nitrogens with one attached hydrogen (secondary N) is 1. The van der Waals surface area contributed by atoms with E-state index in [2.05, 4.69) is 5.32 Å². The van der Waals surface area contributed by atoms with E-state index in [1.165, 1.54) is 6.07 Å². The molecule has 0 amide bonds. The number of aliphatic hydroxyl groups excluding tert-OH is 1. The van der Waals surface area contributed by atoms with Crippen molar-refractivity contribution in [2.75, 3.05) is 6.54 Å². The Morgan fingerprint density at radius 2 is 1.71 bits per heavy atom. The molecule has 1 heterocycles. The number of hydrogen-bond acceptors (Lipinski definition) is 2. The van der Waals surface area contributed by atoms with Crippen LogP contribution in [0.1, 0.15) is 36.5 Å². The number of aliphatic hydroxyl groups is 1. The molecule has 0 saturated carbocycles. The summed E-state index contributed by atoms with van der Waals surface area (Å²) in [7, 11) is 0. The minimum Gasteiger partial charge on any atom is -0.387 e. The molecule has 0 radical (unpaired) electrons. The van der Waals surface area contributed by atoms with Crippen molar-refractivity contribution in [3.05, 3.63) is 57.6 Å². The Bertz CT molecular complexity index is 1050. The van der Waals surface area contributed by atoms with Gasteiger partial charge in [0.1, 0.15) is 0 Å². The lowest BCUT2D eigenvalue weighted by molar-refractivity contribution is -0.137.